The van der Waals surface area contributed by atoms with E-state index in [4.69, 9.17) is 0 Å². The molecular weight excluding hydrogens is 316 g/mol. The largest absolute Gasteiger partial charge is 0.378 e. The summed E-state index contributed by atoms with van der Waals surface area (Å²) in [6, 6.07) is 16.1. The summed E-state index contributed by atoms with van der Waals surface area (Å²) in [5.74, 6) is -0.379. The Bertz CT molecular complexity index is 722. The molecule has 1 atom stereocenters. The van der Waals surface area contributed by atoms with Gasteiger partial charge in [0.15, 0.2) is 6.10 Å². The van der Waals surface area contributed by atoms with Crippen LogP contribution in [0.2, 0.25) is 0 Å². The fraction of sp³-hybridized carbons (Fsp3) is 0.300. The van der Waals surface area contributed by atoms with Gasteiger partial charge in [-0.05, 0) is 36.1 Å². The number of nitrogens with one attached hydrogen (secondary N) is 1. The summed E-state index contributed by atoms with van der Waals surface area (Å²) >= 11 is 0. The fourth-order valence-electron chi connectivity index (χ4n) is 2.94. The normalized spacial score (nSPS) is 15.0. The van der Waals surface area contributed by atoms with Crippen LogP contribution < -0.4 is 5.32 Å². The van der Waals surface area contributed by atoms with Crippen molar-refractivity contribution < 1.29 is 14.7 Å². The number of benzene rings is 2. The average Bonchev–Trinajstić information content (AvgIpc) is 3.21. The Kier molecular flexibility index (Phi) is 5.46. The molecule has 2 amide bonds. The Hall–Kier alpha value is -2.66. The lowest BCUT2D eigenvalue weighted by molar-refractivity contribution is -0.129. The van der Waals surface area contributed by atoms with Gasteiger partial charge < -0.3 is 15.3 Å². The maximum Gasteiger partial charge on any atom is 0.253 e. The van der Waals surface area contributed by atoms with Crippen molar-refractivity contribution in [2.75, 3.05) is 13.1 Å². The van der Waals surface area contributed by atoms with E-state index >= 15 is 0 Å². The number of hydrogen-bond donors (Lipinski definition) is 2. The number of nitrogens with zero attached hydrogens (tertiary/aromatic N) is 1. The summed E-state index contributed by atoms with van der Waals surface area (Å²) in [7, 11) is 0. The van der Waals surface area contributed by atoms with Crippen molar-refractivity contribution in [3.05, 3.63) is 71.3 Å². The molecule has 1 aliphatic heterocycles. The van der Waals surface area contributed by atoms with E-state index in [0.29, 0.717) is 17.7 Å². The van der Waals surface area contributed by atoms with E-state index < -0.39 is 12.0 Å². The smallest absolute Gasteiger partial charge is 0.253 e. The van der Waals surface area contributed by atoms with E-state index in [1.807, 2.05) is 23.1 Å². The van der Waals surface area contributed by atoms with Crippen molar-refractivity contribution in [3.8, 4) is 0 Å². The molecule has 1 heterocycles. The highest BCUT2D eigenvalue weighted by Gasteiger charge is 2.19. The van der Waals surface area contributed by atoms with Gasteiger partial charge in [-0.1, -0.05) is 42.5 Å². The highest BCUT2D eigenvalue weighted by Crippen LogP contribution is 2.15. The van der Waals surface area contributed by atoms with Crippen molar-refractivity contribution in [1.29, 1.82) is 0 Å². The van der Waals surface area contributed by atoms with Crippen LogP contribution in [0.5, 0.6) is 0 Å². The van der Waals surface area contributed by atoms with Crippen LogP contribution in [0.25, 0.3) is 0 Å². The predicted octanol–water partition coefficient (Wildman–Crippen LogP) is 2.27. The highest BCUT2D eigenvalue weighted by atomic mass is 16.3. The monoisotopic (exact) mass is 338 g/mol. The Balaban J connectivity index is 1.55. The molecule has 0 aromatic heterocycles. The summed E-state index contributed by atoms with van der Waals surface area (Å²) in [5.41, 5.74) is 2.11. The Morgan fingerprint density at radius 2 is 1.64 bits per heavy atom. The quantitative estimate of drug-likeness (QED) is 0.879. The van der Waals surface area contributed by atoms with Crippen LogP contribution in [-0.2, 0) is 11.3 Å². The van der Waals surface area contributed by atoms with E-state index in [9.17, 15) is 14.7 Å². The number of rotatable bonds is 5. The molecule has 5 nitrogen and oxygen atoms in total. The molecule has 1 unspecified atom stereocenters. The molecule has 2 aromatic carbocycles. The molecule has 2 N–H and O–H groups in total. The van der Waals surface area contributed by atoms with Gasteiger partial charge in [0.05, 0.1) is 0 Å². The SMILES string of the molecule is O=C(NCc1ccc(C(=O)N2CCCC2)cc1)C(O)c1ccccc1. The minimum atomic E-state index is -1.18. The first-order valence-corrected chi connectivity index (χ1v) is 8.54. The zero-order chi connectivity index (χ0) is 17.6. The first-order chi connectivity index (χ1) is 12.1. The number of carbonyl (C=O) groups is 2. The number of hydrogen-bond acceptors (Lipinski definition) is 3. The molecule has 5 heteroatoms. The third-order valence-corrected chi connectivity index (χ3v) is 4.42. The Morgan fingerprint density at radius 1 is 1.00 bits per heavy atom. The average molecular weight is 338 g/mol. The van der Waals surface area contributed by atoms with Gasteiger partial charge in [0.25, 0.3) is 11.8 Å². The van der Waals surface area contributed by atoms with Gasteiger partial charge in [-0.15, -0.1) is 0 Å². The lowest BCUT2D eigenvalue weighted by Crippen LogP contribution is -2.29. The van der Waals surface area contributed by atoms with E-state index in [0.717, 1.165) is 31.5 Å². The van der Waals surface area contributed by atoms with Gasteiger partial charge >= 0.3 is 0 Å². The maximum atomic E-state index is 12.3. The molecule has 0 radical (unpaired) electrons. The van der Waals surface area contributed by atoms with Crippen molar-refractivity contribution in [3.63, 3.8) is 0 Å². The molecule has 1 saturated heterocycles. The number of aliphatic hydroxyl groups excluding tert-OH is 1. The molecular formula is C20H22N2O3. The standard InChI is InChI=1S/C20H22N2O3/c23-18(16-6-2-1-3-7-16)19(24)21-14-15-8-10-17(11-9-15)20(25)22-12-4-5-13-22/h1-3,6-11,18,23H,4-5,12-14H2,(H,21,24). The topological polar surface area (TPSA) is 69.6 Å². The lowest BCUT2D eigenvalue weighted by atomic mass is 10.1. The Morgan fingerprint density at radius 3 is 2.28 bits per heavy atom. The van der Waals surface area contributed by atoms with E-state index in [1.54, 1.807) is 36.4 Å². The maximum absolute atomic E-state index is 12.3. The first-order valence-electron chi connectivity index (χ1n) is 8.54. The molecule has 130 valence electrons. The van der Waals surface area contributed by atoms with Gasteiger partial charge in [-0.25, -0.2) is 0 Å². The van der Waals surface area contributed by atoms with Crippen LogP contribution in [0.1, 0.15) is 40.4 Å². The lowest BCUT2D eigenvalue weighted by Gasteiger charge is -2.15. The second kappa shape index (κ2) is 7.94. The summed E-state index contributed by atoms with van der Waals surface area (Å²) in [4.78, 5) is 26.2. The van der Waals surface area contributed by atoms with Crippen LogP contribution in [0.4, 0.5) is 0 Å². The van der Waals surface area contributed by atoms with Gasteiger partial charge in [-0.3, -0.25) is 9.59 Å². The van der Waals surface area contributed by atoms with E-state index in [-0.39, 0.29) is 5.91 Å². The second-order valence-electron chi connectivity index (χ2n) is 6.23. The number of carbonyl (C=O) groups excluding carboxylic acids is 2. The van der Waals surface area contributed by atoms with E-state index in [1.165, 1.54) is 0 Å². The minimum absolute atomic E-state index is 0.0626. The van der Waals surface area contributed by atoms with Crippen molar-refractivity contribution in [2.45, 2.75) is 25.5 Å². The van der Waals surface area contributed by atoms with E-state index in [2.05, 4.69) is 5.32 Å². The number of likely N-dealkylation sites (tertiary alicyclic amines) is 1. The molecule has 0 saturated carbocycles. The molecule has 0 aliphatic carbocycles. The fourth-order valence-corrected chi connectivity index (χ4v) is 2.94. The second-order valence-corrected chi connectivity index (χ2v) is 6.23. The summed E-state index contributed by atoms with van der Waals surface area (Å²) < 4.78 is 0. The minimum Gasteiger partial charge on any atom is -0.378 e. The molecule has 0 bridgehead atoms. The van der Waals surface area contributed by atoms with Gasteiger partial charge in [-0.2, -0.15) is 0 Å². The molecule has 25 heavy (non-hydrogen) atoms. The predicted molar refractivity (Wildman–Crippen MR) is 94.8 cm³/mol. The number of aliphatic hydroxyl groups is 1. The van der Waals surface area contributed by atoms with Crippen LogP contribution >= 0.6 is 0 Å². The van der Waals surface area contributed by atoms with Crippen molar-refractivity contribution >= 4 is 11.8 Å². The molecule has 2 aromatic rings. The molecule has 3 rings (SSSR count). The molecule has 1 aliphatic rings. The van der Waals surface area contributed by atoms with Gasteiger partial charge in [0, 0.05) is 25.2 Å². The van der Waals surface area contributed by atoms with Gasteiger partial charge in [0.1, 0.15) is 0 Å². The highest BCUT2D eigenvalue weighted by molar-refractivity contribution is 5.94. The van der Waals surface area contributed by atoms with Crippen LogP contribution in [0.15, 0.2) is 54.6 Å². The van der Waals surface area contributed by atoms with Crippen LogP contribution in [-0.4, -0.2) is 34.9 Å². The summed E-state index contributed by atoms with van der Waals surface area (Å²) in [6.45, 7) is 1.96. The Labute approximate surface area is 147 Å². The zero-order valence-corrected chi connectivity index (χ0v) is 14.0. The first kappa shape index (κ1) is 17.2. The zero-order valence-electron chi connectivity index (χ0n) is 14.0. The van der Waals surface area contributed by atoms with Crippen LogP contribution in [0.3, 0.4) is 0 Å². The summed E-state index contributed by atoms with van der Waals surface area (Å²) in [5, 5.41) is 12.8. The third-order valence-electron chi connectivity index (χ3n) is 4.42. The van der Waals surface area contributed by atoms with Crippen LogP contribution in [0, 0.1) is 0 Å². The van der Waals surface area contributed by atoms with Gasteiger partial charge in [0.2, 0.25) is 0 Å². The third kappa shape index (κ3) is 4.25. The van der Waals surface area contributed by atoms with Crippen molar-refractivity contribution in [2.24, 2.45) is 0 Å². The van der Waals surface area contributed by atoms with Crippen molar-refractivity contribution in [1.82, 2.24) is 10.2 Å². The molecule has 0 spiro atoms. The summed E-state index contributed by atoms with van der Waals surface area (Å²) in [6.07, 6.45) is 0.955. The molecule has 1 fully saturated rings. The number of amides is 2.